The molecule has 4 heteroatoms. The van der Waals surface area contributed by atoms with Crippen LogP contribution in [0.4, 0.5) is 8.78 Å². The molecule has 0 saturated heterocycles. The summed E-state index contributed by atoms with van der Waals surface area (Å²) in [6, 6.07) is 0. The van der Waals surface area contributed by atoms with Crippen LogP contribution < -0.4 is 0 Å². The summed E-state index contributed by atoms with van der Waals surface area (Å²) in [6.45, 7) is 3.39. The fourth-order valence-electron chi connectivity index (χ4n) is 0.824. The molecule has 0 bridgehead atoms. The summed E-state index contributed by atoms with van der Waals surface area (Å²) in [7, 11) is 0. The lowest BCUT2D eigenvalue weighted by molar-refractivity contribution is -0.0712. The molecule has 0 spiro atoms. The number of aliphatic hydroxyl groups is 1. The predicted octanol–water partition coefficient (Wildman–Crippen LogP) is 0.956. The topological polar surface area (TPSA) is 23.5 Å². The van der Waals surface area contributed by atoms with Crippen molar-refractivity contribution in [2.45, 2.75) is 19.8 Å². The van der Waals surface area contributed by atoms with Gasteiger partial charge in [0.05, 0.1) is 6.54 Å². The van der Waals surface area contributed by atoms with Gasteiger partial charge in [-0.05, 0) is 13.1 Å². The lowest BCUT2D eigenvalue weighted by Crippen LogP contribution is -2.39. The summed E-state index contributed by atoms with van der Waals surface area (Å²) in [6.07, 6.45) is 0. The third-order valence-corrected chi connectivity index (χ3v) is 1.58. The monoisotopic (exact) mass is 167 g/mol. The zero-order chi connectivity index (χ0) is 8.91. The van der Waals surface area contributed by atoms with Crippen LogP contribution in [0.3, 0.4) is 0 Å². The fraction of sp³-hybridized carbons (Fsp3) is 1.00. The first-order valence-electron chi connectivity index (χ1n) is 3.76. The van der Waals surface area contributed by atoms with Crippen molar-refractivity contribution in [1.29, 1.82) is 0 Å². The molecule has 0 radical (unpaired) electrons. The molecule has 0 unspecified atom stereocenters. The summed E-state index contributed by atoms with van der Waals surface area (Å²) in [5.74, 6) is -2.95. The highest BCUT2D eigenvalue weighted by Crippen LogP contribution is 2.13. The molecule has 0 aliphatic rings. The van der Waals surface area contributed by atoms with Crippen LogP contribution in [0, 0.1) is 0 Å². The Morgan fingerprint density at radius 1 is 1.27 bits per heavy atom. The van der Waals surface area contributed by atoms with E-state index in [4.69, 9.17) is 5.11 Å². The second-order valence-electron chi connectivity index (χ2n) is 2.48. The number of halogens is 2. The van der Waals surface area contributed by atoms with Crippen LogP contribution in [-0.2, 0) is 0 Å². The van der Waals surface area contributed by atoms with E-state index in [0.29, 0.717) is 13.1 Å². The van der Waals surface area contributed by atoms with Crippen LogP contribution >= 0.6 is 0 Å². The molecule has 0 rings (SSSR count). The van der Waals surface area contributed by atoms with E-state index < -0.39 is 12.5 Å². The largest absolute Gasteiger partial charge is 0.390 e. The van der Waals surface area contributed by atoms with E-state index in [-0.39, 0.29) is 6.54 Å². The third kappa shape index (κ3) is 4.27. The van der Waals surface area contributed by atoms with Crippen LogP contribution in [0.2, 0.25) is 0 Å². The summed E-state index contributed by atoms with van der Waals surface area (Å²) >= 11 is 0. The van der Waals surface area contributed by atoms with E-state index in [2.05, 4.69) is 0 Å². The van der Waals surface area contributed by atoms with Crippen molar-refractivity contribution in [3.8, 4) is 0 Å². The average Bonchev–Trinajstić information content (AvgIpc) is 2.00. The van der Waals surface area contributed by atoms with Gasteiger partial charge in [-0.25, -0.2) is 8.78 Å². The highest BCUT2D eigenvalue weighted by atomic mass is 19.3. The Hall–Kier alpha value is -0.220. The molecule has 0 saturated carbocycles. The molecule has 0 aliphatic carbocycles. The van der Waals surface area contributed by atoms with Gasteiger partial charge >= 0.3 is 0 Å². The SMILES string of the molecule is CCN(CC)CC(F)(F)CO. The van der Waals surface area contributed by atoms with Gasteiger partial charge < -0.3 is 5.11 Å². The van der Waals surface area contributed by atoms with E-state index in [1.54, 1.807) is 4.90 Å². The van der Waals surface area contributed by atoms with Gasteiger partial charge in [-0.2, -0.15) is 0 Å². The van der Waals surface area contributed by atoms with Crippen LogP contribution in [0.25, 0.3) is 0 Å². The van der Waals surface area contributed by atoms with E-state index in [9.17, 15) is 8.78 Å². The van der Waals surface area contributed by atoms with Gasteiger partial charge in [0.15, 0.2) is 0 Å². The van der Waals surface area contributed by atoms with Crippen molar-refractivity contribution in [3.05, 3.63) is 0 Å². The minimum atomic E-state index is -2.95. The summed E-state index contributed by atoms with van der Waals surface area (Å²) in [5.41, 5.74) is 0. The second kappa shape index (κ2) is 4.62. The Balaban J connectivity index is 3.79. The molecule has 0 aromatic rings. The Labute approximate surface area is 65.8 Å². The van der Waals surface area contributed by atoms with Crippen molar-refractivity contribution in [2.75, 3.05) is 26.2 Å². The average molecular weight is 167 g/mol. The lowest BCUT2D eigenvalue weighted by atomic mass is 10.3. The normalized spacial score (nSPS) is 12.5. The number of nitrogens with zero attached hydrogens (tertiary/aromatic N) is 1. The molecule has 0 atom stereocenters. The minimum Gasteiger partial charge on any atom is -0.390 e. The molecule has 1 N–H and O–H groups in total. The van der Waals surface area contributed by atoms with Crippen molar-refractivity contribution in [2.24, 2.45) is 0 Å². The molecule has 0 aromatic carbocycles. The van der Waals surface area contributed by atoms with Crippen molar-refractivity contribution < 1.29 is 13.9 Å². The Bertz CT molecular complexity index is 105. The number of alkyl halides is 2. The van der Waals surface area contributed by atoms with E-state index in [0.717, 1.165) is 0 Å². The van der Waals surface area contributed by atoms with Crippen molar-refractivity contribution >= 4 is 0 Å². The highest BCUT2D eigenvalue weighted by molar-refractivity contribution is 4.69. The van der Waals surface area contributed by atoms with Gasteiger partial charge in [-0.15, -0.1) is 0 Å². The Kier molecular flexibility index (Phi) is 4.52. The maximum atomic E-state index is 12.5. The molecule has 0 aromatic heterocycles. The first-order chi connectivity index (χ1) is 5.05. The smallest absolute Gasteiger partial charge is 0.283 e. The summed E-state index contributed by atoms with van der Waals surface area (Å²) in [5, 5.41) is 8.26. The molecule has 0 aliphatic heterocycles. The second-order valence-corrected chi connectivity index (χ2v) is 2.48. The summed E-state index contributed by atoms with van der Waals surface area (Å²) < 4.78 is 25.0. The maximum absolute atomic E-state index is 12.5. The fourth-order valence-corrected chi connectivity index (χ4v) is 0.824. The molecular weight excluding hydrogens is 152 g/mol. The highest BCUT2D eigenvalue weighted by Gasteiger charge is 2.29. The quantitative estimate of drug-likeness (QED) is 0.659. The van der Waals surface area contributed by atoms with E-state index >= 15 is 0 Å². The molecule has 0 fully saturated rings. The Morgan fingerprint density at radius 2 is 1.73 bits per heavy atom. The summed E-state index contributed by atoms with van der Waals surface area (Å²) in [4.78, 5) is 1.58. The first-order valence-corrected chi connectivity index (χ1v) is 3.76. The van der Waals surface area contributed by atoms with Crippen molar-refractivity contribution in [1.82, 2.24) is 4.90 Å². The number of aliphatic hydroxyl groups excluding tert-OH is 1. The third-order valence-electron chi connectivity index (χ3n) is 1.58. The first kappa shape index (κ1) is 10.8. The Morgan fingerprint density at radius 3 is 2.00 bits per heavy atom. The van der Waals surface area contributed by atoms with Gasteiger partial charge in [-0.1, -0.05) is 13.8 Å². The van der Waals surface area contributed by atoms with E-state index in [1.807, 2.05) is 13.8 Å². The maximum Gasteiger partial charge on any atom is 0.283 e. The van der Waals surface area contributed by atoms with Gasteiger partial charge in [-0.3, -0.25) is 4.90 Å². The minimum absolute atomic E-state index is 0.351. The number of rotatable bonds is 5. The molecule has 68 valence electrons. The van der Waals surface area contributed by atoms with Gasteiger partial charge in [0.1, 0.15) is 6.61 Å². The number of hydrogen-bond donors (Lipinski definition) is 1. The van der Waals surface area contributed by atoms with Gasteiger partial charge in [0.25, 0.3) is 5.92 Å². The molecular formula is C7H15F2NO. The van der Waals surface area contributed by atoms with Crippen LogP contribution in [-0.4, -0.2) is 42.2 Å². The molecule has 2 nitrogen and oxygen atoms in total. The van der Waals surface area contributed by atoms with Crippen LogP contribution in [0.5, 0.6) is 0 Å². The van der Waals surface area contributed by atoms with Crippen molar-refractivity contribution in [3.63, 3.8) is 0 Å². The van der Waals surface area contributed by atoms with Crippen LogP contribution in [0.15, 0.2) is 0 Å². The predicted molar refractivity (Wildman–Crippen MR) is 39.8 cm³/mol. The van der Waals surface area contributed by atoms with Gasteiger partial charge in [0, 0.05) is 0 Å². The zero-order valence-corrected chi connectivity index (χ0v) is 6.98. The standard InChI is InChI=1S/C7H15F2NO/c1-3-10(4-2)5-7(8,9)6-11/h11H,3-6H2,1-2H3. The van der Waals surface area contributed by atoms with Gasteiger partial charge in [0.2, 0.25) is 0 Å². The molecule has 0 heterocycles. The lowest BCUT2D eigenvalue weighted by Gasteiger charge is -2.23. The molecule has 11 heavy (non-hydrogen) atoms. The van der Waals surface area contributed by atoms with Crippen LogP contribution in [0.1, 0.15) is 13.8 Å². The molecule has 0 amide bonds. The number of hydrogen-bond acceptors (Lipinski definition) is 2. The zero-order valence-electron chi connectivity index (χ0n) is 6.98. The van der Waals surface area contributed by atoms with E-state index in [1.165, 1.54) is 0 Å².